The first-order valence-corrected chi connectivity index (χ1v) is 7.98. The lowest BCUT2D eigenvalue weighted by molar-refractivity contribution is 0.0457. The number of piperidine rings is 1. The molecule has 1 aliphatic heterocycles. The summed E-state index contributed by atoms with van der Waals surface area (Å²) < 4.78 is 0. The summed E-state index contributed by atoms with van der Waals surface area (Å²) in [6.45, 7) is 7.04. The van der Waals surface area contributed by atoms with Crippen molar-refractivity contribution >= 4 is 11.4 Å². The van der Waals surface area contributed by atoms with E-state index in [9.17, 15) is 5.11 Å². The predicted molar refractivity (Wildman–Crippen MR) is 86.5 cm³/mol. The molecule has 2 N–H and O–H groups in total. The zero-order valence-corrected chi connectivity index (χ0v) is 12.9. The van der Waals surface area contributed by atoms with Crippen molar-refractivity contribution in [2.45, 2.75) is 51.6 Å². The van der Waals surface area contributed by atoms with Gasteiger partial charge in [-0.05, 0) is 56.4 Å². The Bertz CT molecular complexity index is 392. The van der Waals surface area contributed by atoms with E-state index in [1.54, 1.807) is 0 Å². The van der Waals surface area contributed by atoms with Crippen molar-refractivity contribution in [1.82, 2.24) is 0 Å². The number of hydrogen-bond donors (Lipinski definition) is 2. The highest BCUT2D eigenvalue weighted by atomic mass is 16.3. The van der Waals surface area contributed by atoms with Gasteiger partial charge in [0.2, 0.25) is 0 Å². The van der Waals surface area contributed by atoms with Gasteiger partial charge < -0.3 is 15.3 Å². The molecule has 0 spiro atoms. The lowest BCUT2D eigenvalue weighted by atomic mass is 9.97. The molecule has 1 aromatic carbocycles. The van der Waals surface area contributed by atoms with Crippen LogP contribution in [-0.4, -0.2) is 30.3 Å². The molecule has 0 aliphatic carbocycles. The van der Waals surface area contributed by atoms with E-state index in [1.165, 1.54) is 38.0 Å². The normalized spacial score (nSPS) is 16.2. The average molecular weight is 276 g/mol. The molecule has 0 radical (unpaired) electrons. The molecule has 1 aliphatic rings. The fourth-order valence-corrected chi connectivity index (χ4v) is 2.71. The van der Waals surface area contributed by atoms with Gasteiger partial charge in [-0.1, -0.05) is 13.8 Å². The Kier molecular flexibility index (Phi) is 5.30. The molecule has 20 heavy (non-hydrogen) atoms. The van der Waals surface area contributed by atoms with E-state index in [0.717, 1.165) is 18.5 Å². The Labute approximate surface area is 123 Å². The molecule has 1 fully saturated rings. The van der Waals surface area contributed by atoms with Crippen LogP contribution in [-0.2, 0) is 0 Å². The molecule has 0 unspecified atom stereocenters. The molecular weight excluding hydrogens is 248 g/mol. The van der Waals surface area contributed by atoms with Crippen molar-refractivity contribution in [3.8, 4) is 0 Å². The van der Waals surface area contributed by atoms with Crippen LogP contribution < -0.4 is 10.2 Å². The Balaban J connectivity index is 1.91. The highest BCUT2D eigenvalue weighted by Gasteiger charge is 2.21. The zero-order valence-electron chi connectivity index (χ0n) is 12.9. The maximum Gasteiger partial charge on any atom is 0.0814 e. The van der Waals surface area contributed by atoms with E-state index >= 15 is 0 Å². The minimum Gasteiger partial charge on any atom is -0.388 e. The molecule has 1 heterocycles. The third-order valence-electron chi connectivity index (χ3n) is 4.53. The Morgan fingerprint density at radius 1 is 1.05 bits per heavy atom. The molecule has 0 saturated carbocycles. The lowest BCUT2D eigenvalue weighted by Gasteiger charge is -2.29. The summed E-state index contributed by atoms with van der Waals surface area (Å²) >= 11 is 0. The maximum absolute atomic E-state index is 10.3. The molecule has 3 nitrogen and oxygen atoms in total. The van der Waals surface area contributed by atoms with Crippen LogP contribution in [0.5, 0.6) is 0 Å². The molecule has 0 amide bonds. The minimum absolute atomic E-state index is 0.592. The van der Waals surface area contributed by atoms with Crippen molar-refractivity contribution in [2.75, 3.05) is 29.9 Å². The Morgan fingerprint density at radius 3 is 2.20 bits per heavy atom. The topological polar surface area (TPSA) is 35.5 Å². The SMILES string of the molecule is CCC(O)(CC)CNc1ccc(N2CCCCC2)cc1. The summed E-state index contributed by atoms with van der Waals surface area (Å²) in [6, 6.07) is 8.61. The van der Waals surface area contributed by atoms with Gasteiger partial charge >= 0.3 is 0 Å². The first kappa shape index (κ1) is 15.2. The highest BCUT2D eigenvalue weighted by Crippen LogP contribution is 2.22. The molecule has 3 heteroatoms. The van der Waals surface area contributed by atoms with Gasteiger partial charge in [-0.25, -0.2) is 0 Å². The van der Waals surface area contributed by atoms with Crippen LogP contribution in [0.4, 0.5) is 11.4 Å². The number of benzene rings is 1. The van der Waals surface area contributed by atoms with Crippen LogP contribution in [0.25, 0.3) is 0 Å². The van der Waals surface area contributed by atoms with Gasteiger partial charge in [-0.2, -0.15) is 0 Å². The van der Waals surface area contributed by atoms with Gasteiger partial charge in [0.25, 0.3) is 0 Å². The highest BCUT2D eigenvalue weighted by molar-refractivity contribution is 5.55. The van der Waals surface area contributed by atoms with Gasteiger partial charge in [0.1, 0.15) is 0 Å². The summed E-state index contributed by atoms with van der Waals surface area (Å²) in [7, 11) is 0. The molecule has 1 aromatic rings. The molecule has 0 atom stereocenters. The third-order valence-corrected chi connectivity index (χ3v) is 4.53. The largest absolute Gasteiger partial charge is 0.388 e. The van der Waals surface area contributed by atoms with Gasteiger partial charge in [0.15, 0.2) is 0 Å². The van der Waals surface area contributed by atoms with Gasteiger partial charge in [0, 0.05) is 31.0 Å². The summed E-state index contributed by atoms with van der Waals surface area (Å²) in [5.41, 5.74) is 1.81. The first-order valence-electron chi connectivity index (χ1n) is 7.98. The van der Waals surface area contributed by atoms with Gasteiger partial charge in [0.05, 0.1) is 5.60 Å². The van der Waals surface area contributed by atoms with E-state index in [4.69, 9.17) is 0 Å². The molecule has 112 valence electrons. The second-order valence-corrected chi connectivity index (χ2v) is 5.88. The van der Waals surface area contributed by atoms with Crippen molar-refractivity contribution < 1.29 is 5.11 Å². The van der Waals surface area contributed by atoms with E-state index in [1.807, 2.05) is 13.8 Å². The van der Waals surface area contributed by atoms with Crippen LogP contribution in [0.15, 0.2) is 24.3 Å². The van der Waals surface area contributed by atoms with Crippen LogP contribution >= 0.6 is 0 Å². The first-order chi connectivity index (χ1) is 9.67. The zero-order chi connectivity index (χ0) is 14.4. The van der Waals surface area contributed by atoms with Crippen LogP contribution in [0, 0.1) is 0 Å². The monoisotopic (exact) mass is 276 g/mol. The van der Waals surface area contributed by atoms with Crippen LogP contribution in [0.1, 0.15) is 46.0 Å². The average Bonchev–Trinajstić information content (AvgIpc) is 2.54. The van der Waals surface area contributed by atoms with Crippen molar-refractivity contribution in [1.29, 1.82) is 0 Å². The second-order valence-electron chi connectivity index (χ2n) is 5.88. The van der Waals surface area contributed by atoms with Crippen molar-refractivity contribution in [3.63, 3.8) is 0 Å². The molecule has 0 bridgehead atoms. The smallest absolute Gasteiger partial charge is 0.0814 e. The van der Waals surface area contributed by atoms with E-state index in [2.05, 4.69) is 34.5 Å². The fraction of sp³-hybridized carbons (Fsp3) is 0.647. The summed E-state index contributed by atoms with van der Waals surface area (Å²) in [4.78, 5) is 2.46. The Hall–Kier alpha value is -1.22. The van der Waals surface area contributed by atoms with Crippen molar-refractivity contribution in [2.24, 2.45) is 0 Å². The predicted octanol–water partition coefficient (Wildman–Crippen LogP) is 3.64. The van der Waals surface area contributed by atoms with Crippen LogP contribution in [0.3, 0.4) is 0 Å². The van der Waals surface area contributed by atoms with E-state index in [0.29, 0.717) is 6.54 Å². The van der Waals surface area contributed by atoms with Gasteiger partial charge in [-0.15, -0.1) is 0 Å². The van der Waals surface area contributed by atoms with Crippen molar-refractivity contribution in [3.05, 3.63) is 24.3 Å². The summed E-state index contributed by atoms with van der Waals surface area (Å²) in [6.07, 6.45) is 5.54. The number of nitrogens with zero attached hydrogens (tertiary/aromatic N) is 1. The third kappa shape index (κ3) is 3.89. The minimum atomic E-state index is -0.592. The van der Waals surface area contributed by atoms with Crippen LogP contribution in [0.2, 0.25) is 0 Å². The number of aliphatic hydroxyl groups is 1. The fourth-order valence-electron chi connectivity index (χ4n) is 2.71. The molecule has 1 saturated heterocycles. The quantitative estimate of drug-likeness (QED) is 0.832. The molecule has 0 aromatic heterocycles. The molecular formula is C17H28N2O. The lowest BCUT2D eigenvalue weighted by Crippen LogP contribution is -2.35. The number of anilines is 2. The standard InChI is InChI=1S/C17H28N2O/c1-3-17(20,4-2)14-18-15-8-10-16(11-9-15)19-12-6-5-7-13-19/h8-11,18,20H,3-7,12-14H2,1-2H3. The number of rotatable bonds is 6. The van der Waals surface area contributed by atoms with E-state index in [-0.39, 0.29) is 0 Å². The molecule has 2 rings (SSSR count). The summed E-state index contributed by atoms with van der Waals surface area (Å²) in [5.74, 6) is 0. The number of nitrogens with one attached hydrogen (secondary N) is 1. The van der Waals surface area contributed by atoms with Gasteiger partial charge in [-0.3, -0.25) is 0 Å². The maximum atomic E-state index is 10.3. The van der Waals surface area contributed by atoms with E-state index < -0.39 is 5.60 Å². The Morgan fingerprint density at radius 2 is 1.65 bits per heavy atom. The second kappa shape index (κ2) is 6.98. The number of hydrogen-bond acceptors (Lipinski definition) is 3. The summed E-state index contributed by atoms with van der Waals surface area (Å²) in [5, 5.41) is 13.6.